The van der Waals surface area contributed by atoms with Crippen LogP contribution in [0.4, 0.5) is 0 Å². The molecule has 1 nitrogen and oxygen atoms in total. The van der Waals surface area contributed by atoms with Crippen LogP contribution in [0.15, 0.2) is 73.5 Å². The lowest BCUT2D eigenvalue weighted by molar-refractivity contribution is 0.103. The van der Waals surface area contributed by atoms with Crippen molar-refractivity contribution in [2.75, 3.05) is 0 Å². The van der Waals surface area contributed by atoms with Crippen LogP contribution in [-0.2, 0) is 10.2 Å². The van der Waals surface area contributed by atoms with Gasteiger partial charge in [0.2, 0.25) is 0 Å². The number of rotatable bonds is 4. The molecule has 20 heavy (non-hydrogen) atoms. The van der Waals surface area contributed by atoms with E-state index in [0.717, 1.165) is 12.8 Å². The van der Waals surface area contributed by atoms with Gasteiger partial charge >= 0.3 is 0 Å². The molecule has 0 N–H and O–H groups in total. The van der Waals surface area contributed by atoms with E-state index in [4.69, 9.17) is 4.74 Å². The molecular formula is C19H20O. The molecule has 0 amide bonds. The molecule has 1 atom stereocenters. The summed E-state index contributed by atoms with van der Waals surface area (Å²) >= 11 is 0. The highest BCUT2D eigenvalue weighted by Crippen LogP contribution is 2.47. The van der Waals surface area contributed by atoms with Crippen LogP contribution >= 0.6 is 0 Å². The lowest BCUT2D eigenvalue weighted by Crippen LogP contribution is -2.37. The Bertz CT molecular complexity index is 519. The van der Waals surface area contributed by atoms with Crippen molar-refractivity contribution in [1.82, 2.24) is 0 Å². The van der Waals surface area contributed by atoms with E-state index in [2.05, 4.69) is 67.2 Å². The van der Waals surface area contributed by atoms with Crippen LogP contribution in [0, 0.1) is 0 Å². The number of ether oxygens (including phenoxy) is 1. The van der Waals surface area contributed by atoms with Crippen LogP contribution in [0.25, 0.3) is 0 Å². The maximum Gasteiger partial charge on any atom is 0.111 e. The highest BCUT2D eigenvalue weighted by molar-refractivity contribution is 5.42. The Hall–Kier alpha value is -2.02. The van der Waals surface area contributed by atoms with E-state index in [-0.39, 0.29) is 11.5 Å². The van der Waals surface area contributed by atoms with E-state index in [1.807, 2.05) is 0 Å². The maximum atomic E-state index is 5.89. The van der Waals surface area contributed by atoms with Crippen molar-refractivity contribution in [2.45, 2.75) is 30.8 Å². The molecule has 0 heterocycles. The molecule has 1 saturated carbocycles. The number of hydrogen-bond acceptors (Lipinski definition) is 1. The second-order valence-electron chi connectivity index (χ2n) is 5.39. The summed E-state index contributed by atoms with van der Waals surface area (Å²) in [6.07, 6.45) is 5.15. The largest absolute Gasteiger partial charge is 0.497 e. The molecule has 1 fully saturated rings. The van der Waals surface area contributed by atoms with Gasteiger partial charge in [-0.1, -0.05) is 67.2 Å². The van der Waals surface area contributed by atoms with Crippen LogP contribution in [0.5, 0.6) is 0 Å². The summed E-state index contributed by atoms with van der Waals surface area (Å²) in [7, 11) is 0. The predicted molar refractivity (Wildman–Crippen MR) is 82.6 cm³/mol. The lowest BCUT2D eigenvalue weighted by Gasteiger charge is -2.36. The molecule has 2 aromatic carbocycles. The van der Waals surface area contributed by atoms with E-state index >= 15 is 0 Å². The van der Waals surface area contributed by atoms with E-state index in [1.165, 1.54) is 17.5 Å². The van der Waals surface area contributed by atoms with Crippen LogP contribution < -0.4 is 0 Å². The van der Waals surface area contributed by atoms with Gasteiger partial charge in [-0.25, -0.2) is 0 Å². The van der Waals surface area contributed by atoms with Crippen molar-refractivity contribution in [1.29, 1.82) is 0 Å². The first kappa shape index (κ1) is 13.0. The van der Waals surface area contributed by atoms with Gasteiger partial charge in [-0.3, -0.25) is 0 Å². The topological polar surface area (TPSA) is 9.23 Å². The normalized spacial score (nSPS) is 20.5. The summed E-state index contributed by atoms with van der Waals surface area (Å²) in [6, 6.07) is 21.5. The minimum atomic E-state index is -0.0449. The molecule has 2 aromatic rings. The van der Waals surface area contributed by atoms with Crippen molar-refractivity contribution in [3.8, 4) is 0 Å². The van der Waals surface area contributed by atoms with Gasteiger partial charge in [0.1, 0.15) is 6.10 Å². The average molecular weight is 264 g/mol. The second-order valence-corrected chi connectivity index (χ2v) is 5.39. The third-order valence-electron chi connectivity index (χ3n) is 4.43. The van der Waals surface area contributed by atoms with Crippen molar-refractivity contribution < 1.29 is 4.74 Å². The summed E-state index contributed by atoms with van der Waals surface area (Å²) < 4.78 is 5.89. The molecule has 0 bridgehead atoms. The van der Waals surface area contributed by atoms with Gasteiger partial charge in [-0.05, 0) is 30.4 Å². The molecule has 0 aromatic heterocycles. The third-order valence-corrected chi connectivity index (χ3v) is 4.43. The van der Waals surface area contributed by atoms with Crippen LogP contribution in [0.1, 0.15) is 30.4 Å². The third kappa shape index (κ3) is 2.03. The zero-order valence-electron chi connectivity index (χ0n) is 11.7. The van der Waals surface area contributed by atoms with Gasteiger partial charge in [0, 0.05) is 0 Å². The zero-order valence-corrected chi connectivity index (χ0v) is 11.7. The first-order valence-corrected chi connectivity index (χ1v) is 7.25. The Labute approximate surface area is 120 Å². The van der Waals surface area contributed by atoms with Crippen LogP contribution in [0.3, 0.4) is 0 Å². The zero-order chi connectivity index (χ0) is 13.8. The van der Waals surface area contributed by atoms with Gasteiger partial charge in [0.15, 0.2) is 0 Å². The Morgan fingerprint density at radius 1 is 0.950 bits per heavy atom. The highest BCUT2D eigenvalue weighted by Gasteiger charge is 2.46. The lowest BCUT2D eigenvalue weighted by atomic mass is 9.71. The predicted octanol–water partition coefficient (Wildman–Crippen LogP) is 4.69. The van der Waals surface area contributed by atoms with E-state index in [9.17, 15) is 0 Å². The van der Waals surface area contributed by atoms with Crippen molar-refractivity contribution in [3.63, 3.8) is 0 Å². The standard InChI is InChI=1S/C19H20O/c1-2-20-18-14-9-15-19(18,16-10-5-3-6-11-16)17-12-7-4-8-13-17/h2-8,10-13,18H,1,9,14-15H2/t18-/m0/s1. The Morgan fingerprint density at radius 2 is 1.50 bits per heavy atom. The summed E-state index contributed by atoms with van der Waals surface area (Å²) in [4.78, 5) is 0. The van der Waals surface area contributed by atoms with Gasteiger partial charge in [0.25, 0.3) is 0 Å². The van der Waals surface area contributed by atoms with E-state index in [0.29, 0.717) is 0 Å². The Kier molecular flexibility index (Phi) is 3.60. The summed E-state index contributed by atoms with van der Waals surface area (Å²) in [5.74, 6) is 0. The van der Waals surface area contributed by atoms with Gasteiger partial charge in [0.05, 0.1) is 11.7 Å². The molecule has 1 heteroatoms. The Morgan fingerprint density at radius 3 is 2.00 bits per heavy atom. The fraction of sp³-hybridized carbons (Fsp3) is 0.263. The second kappa shape index (κ2) is 5.54. The molecular weight excluding hydrogens is 244 g/mol. The minimum absolute atomic E-state index is 0.0449. The molecule has 102 valence electrons. The summed E-state index contributed by atoms with van der Waals surface area (Å²) in [5, 5.41) is 0. The highest BCUT2D eigenvalue weighted by atomic mass is 16.5. The molecule has 0 saturated heterocycles. The summed E-state index contributed by atoms with van der Waals surface area (Å²) in [5.41, 5.74) is 2.64. The molecule has 0 spiro atoms. The van der Waals surface area contributed by atoms with E-state index in [1.54, 1.807) is 6.26 Å². The number of benzene rings is 2. The van der Waals surface area contributed by atoms with Gasteiger partial charge in [-0.15, -0.1) is 0 Å². The summed E-state index contributed by atoms with van der Waals surface area (Å²) in [6.45, 7) is 3.75. The molecule has 1 aliphatic carbocycles. The smallest absolute Gasteiger partial charge is 0.111 e. The van der Waals surface area contributed by atoms with E-state index < -0.39 is 0 Å². The molecule has 0 radical (unpaired) electrons. The van der Waals surface area contributed by atoms with Crippen molar-refractivity contribution >= 4 is 0 Å². The monoisotopic (exact) mass is 264 g/mol. The fourth-order valence-corrected chi connectivity index (χ4v) is 3.57. The quantitative estimate of drug-likeness (QED) is 0.728. The van der Waals surface area contributed by atoms with Crippen LogP contribution in [-0.4, -0.2) is 6.10 Å². The van der Waals surface area contributed by atoms with Crippen molar-refractivity contribution in [2.24, 2.45) is 0 Å². The fourth-order valence-electron chi connectivity index (χ4n) is 3.57. The molecule has 0 aliphatic heterocycles. The van der Waals surface area contributed by atoms with Gasteiger partial charge in [-0.2, -0.15) is 0 Å². The Balaban J connectivity index is 2.15. The van der Waals surface area contributed by atoms with Gasteiger partial charge < -0.3 is 4.74 Å². The average Bonchev–Trinajstić information content (AvgIpc) is 2.94. The van der Waals surface area contributed by atoms with Crippen LogP contribution in [0.2, 0.25) is 0 Å². The maximum absolute atomic E-state index is 5.89. The molecule has 3 rings (SSSR count). The molecule has 0 unspecified atom stereocenters. The SMILES string of the molecule is C=CO[C@H]1CCCC1(c1ccccc1)c1ccccc1. The first-order valence-electron chi connectivity index (χ1n) is 7.25. The number of hydrogen-bond donors (Lipinski definition) is 0. The first-order chi connectivity index (χ1) is 9.88. The van der Waals surface area contributed by atoms with Crippen molar-refractivity contribution in [3.05, 3.63) is 84.6 Å². The molecule has 1 aliphatic rings. The minimum Gasteiger partial charge on any atom is -0.497 e.